The molecule has 0 radical (unpaired) electrons. The second kappa shape index (κ2) is 11.2. The van der Waals surface area contributed by atoms with Crippen LogP contribution in [0, 0.1) is 0 Å². The van der Waals surface area contributed by atoms with Gasteiger partial charge in [-0.15, -0.1) is 0 Å². The van der Waals surface area contributed by atoms with Crippen molar-refractivity contribution in [3.63, 3.8) is 0 Å². The number of aromatic nitrogens is 2. The Labute approximate surface area is 231 Å². The fraction of sp³-hybridized carbons (Fsp3) is 0.130. The lowest BCUT2D eigenvalue weighted by molar-refractivity contribution is -0.142. The molecule has 2 N–H and O–H groups in total. The van der Waals surface area contributed by atoms with Gasteiger partial charge < -0.3 is 10.1 Å². The Morgan fingerprint density at radius 2 is 1.73 bits per heavy atom. The van der Waals surface area contributed by atoms with E-state index in [-0.39, 0.29) is 38.1 Å². The number of carbonyl (C=O) groups excluding carboxylic acids is 2. The van der Waals surface area contributed by atoms with E-state index in [9.17, 15) is 18.0 Å². The Balaban J connectivity index is 1.67. The second-order valence-corrected chi connectivity index (χ2v) is 11.1. The molecular weight excluding hydrogens is 583 g/mol. The van der Waals surface area contributed by atoms with Crippen LogP contribution in [0.15, 0.2) is 59.5 Å². The number of benzene rings is 3. The molecule has 0 aliphatic heterocycles. The zero-order chi connectivity index (χ0) is 26.7. The number of ether oxygens (including phenoxy) is 1. The fourth-order valence-corrected chi connectivity index (χ4v) is 5.74. The quantitative estimate of drug-likeness (QED) is 0.274. The monoisotopic (exact) mass is 598 g/mol. The summed E-state index contributed by atoms with van der Waals surface area (Å²) < 4.78 is 41.9. The number of hydrogen-bond acceptors (Lipinski definition) is 8. The van der Waals surface area contributed by atoms with Gasteiger partial charge in [0.2, 0.25) is 0 Å². The molecule has 0 aliphatic rings. The number of sulfonamides is 1. The summed E-state index contributed by atoms with van der Waals surface area (Å²) in [4.78, 5) is 25.6. The normalized spacial score (nSPS) is 12.2. The van der Waals surface area contributed by atoms with Crippen molar-refractivity contribution < 1.29 is 22.7 Å². The van der Waals surface area contributed by atoms with E-state index in [0.717, 1.165) is 11.7 Å². The molecule has 0 bridgehead atoms. The lowest BCUT2D eigenvalue weighted by Gasteiger charge is -2.19. The number of halogens is 3. The number of carbonyl (C=O) groups is 2. The van der Waals surface area contributed by atoms with Crippen molar-refractivity contribution in [3.8, 4) is 0 Å². The molecule has 0 saturated heterocycles. The number of hydrogen-bond donors (Lipinski definition) is 2. The van der Waals surface area contributed by atoms with Crippen LogP contribution in [-0.4, -0.2) is 42.2 Å². The molecule has 0 saturated carbocycles. The number of nitrogens with one attached hydrogen (secondary N) is 2. The minimum absolute atomic E-state index is 0.00730. The predicted molar refractivity (Wildman–Crippen MR) is 143 cm³/mol. The van der Waals surface area contributed by atoms with Gasteiger partial charge in [-0.1, -0.05) is 53.0 Å². The molecular formula is C23H17Cl3N4O5S2. The molecule has 9 nitrogen and oxygen atoms in total. The maximum absolute atomic E-state index is 13.3. The minimum atomic E-state index is -4.23. The molecule has 0 unspecified atom stereocenters. The summed E-state index contributed by atoms with van der Waals surface area (Å²) in [5.41, 5.74) is 0.983. The average molecular weight is 600 g/mol. The van der Waals surface area contributed by atoms with Gasteiger partial charge in [0.25, 0.3) is 15.9 Å². The molecule has 37 heavy (non-hydrogen) atoms. The summed E-state index contributed by atoms with van der Waals surface area (Å²) in [5.74, 6) is -1.48. The van der Waals surface area contributed by atoms with E-state index < -0.39 is 27.9 Å². The highest BCUT2D eigenvalue weighted by atomic mass is 35.5. The maximum atomic E-state index is 13.3. The molecule has 14 heteroatoms. The minimum Gasteiger partial charge on any atom is -0.467 e. The van der Waals surface area contributed by atoms with Gasteiger partial charge in [-0.25, -0.2) is 13.2 Å². The summed E-state index contributed by atoms with van der Waals surface area (Å²) in [5, 5.41) is 3.11. The molecule has 3 aromatic carbocycles. The number of methoxy groups -OCH3 is 1. The van der Waals surface area contributed by atoms with Gasteiger partial charge in [-0.05, 0) is 42.0 Å². The molecule has 4 aromatic rings. The number of esters is 1. The molecule has 0 fully saturated rings. The molecule has 1 heterocycles. The van der Waals surface area contributed by atoms with Crippen LogP contribution in [0.4, 0.5) is 5.69 Å². The van der Waals surface area contributed by atoms with Gasteiger partial charge >= 0.3 is 5.97 Å². The third-order valence-corrected chi connectivity index (χ3v) is 8.15. The second-order valence-electron chi connectivity index (χ2n) is 7.69. The first kappa shape index (κ1) is 27.1. The summed E-state index contributed by atoms with van der Waals surface area (Å²) in [6.45, 7) is 0. The van der Waals surface area contributed by atoms with Crippen LogP contribution in [0.25, 0.3) is 11.0 Å². The smallest absolute Gasteiger partial charge is 0.328 e. The van der Waals surface area contributed by atoms with Crippen molar-refractivity contribution >= 4 is 85.2 Å². The molecule has 1 aromatic heterocycles. The number of anilines is 1. The third-order valence-electron chi connectivity index (χ3n) is 5.23. The maximum Gasteiger partial charge on any atom is 0.328 e. The Morgan fingerprint density at radius 3 is 2.43 bits per heavy atom. The average Bonchev–Trinajstić information content (AvgIpc) is 3.35. The number of nitrogens with zero attached hydrogens (tertiary/aromatic N) is 2. The van der Waals surface area contributed by atoms with Crippen molar-refractivity contribution in [3.05, 3.63) is 80.8 Å². The van der Waals surface area contributed by atoms with Gasteiger partial charge in [0.15, 0.2) is 0 Å². The predicted octanol–water partition coefficient (Wildman–Crippen LogP) is 4.97. The van der Waals surface area contributed by atoms with E-state index in [4.69, 9.17) is 39.5 Å². The largest absolute Gasteiger partial charge is 0.467 e. The third kappa shape index (κ3) is 6.13. The number of fused-ring (bicyclic) bond motifs is 1. The lowest BCUT2D eigenvalue weighted by Crippen LogP contribution is -2.43. The van der Waals surface area contributed by atoms with Crippen LogP contribution in [0.1, 0.15) is 15.9 Å². The molecule has 1 atom stereocenters. The highest BCUT2D eigenvalue weighted by Gasteiger charge is 2.27. The first-order valence-corrected chi connectivity index (χ1v) is 13.8. The number of amides is 1. The first-order valence-electron chi connectivity index (χ1n) is 10.5. The van der Waals surface area contributed by atoms with Crippen LogP contribution in [0.2, 0.25) is 15.1 Å². The Morgan fingerprint density at radius 1 is 1.03 bits per heavy atom. The van der Waals surface area contributed by atoms with Gasteiger partial charge in [-0.2, -0.15) is 8.75 Å². The highest BCUT2D eigenvalue weighted by Crippen LogP contribution is 2.32. The van der Waals surface area contributed by atoms with E-state index in [2.05, 4.69) is 18.8 Å². The molecule has 0 aliphatic carbocycles. The Hall–Kier alpha value is -2.96. The van der Waals surface area contributed by atoms with Crippen LogP contribution in [-0.2, 0) is 26.0 Å². The van der Waals surface area contributed by atoms with E-state index in [0.29, 0.717) is 16.1 Å². The standard InChI is InChI=1S/C23H17Cl3N4O5S2/c1-35-23(32)19(9-12-5-7-13(24)8-6-12)27-22(31)14-10-15(25)16(26)11-18(14)30-37(33,34)20-4-2-3-17-21(20)29-36-28-17/h2-8,10-11,19,30H,9H2,1H3,(H,27,31)/t19-/m0/s1. The lowest BCUT2D eigenvalue weighted by atomic mass is 10.0. The zero-order valence-corrected chi connectivity index (χ0v) is 22.8. The van der Waals surface area contributed by atoms with E-state index in [1.807, 2.05) is 0 Å². The van der Waals surface area contributed by atoms with Crippen LogP contribution in [0.3, 0.4) is 0 Å². The molecule has 0 spiro atoms. The van der Waals surface area contributed by atoms with E-state index in [1.54, 1.807) is 30.3 Å². The Bertz CT molecular complexity index is 1590. The van der Waals surface area contributed by atoms with Crippen LogP contribution >= 0.6 is 46.5 Å². The molecule has 1 amide bonds. The summed E-state index contributed by atoms with van der Waals surface area (Å²) in [6, 6.07) is 12.6. The van der Waals surface area contributed by atoms with Gasteiger partial charge in [0, 0.05) is 11.4 Å². The first-order chi connectivity index (χ1) is 17.6. The van der Waals surface area contributed by atoms with Crippen molar-refractivity contribution in [1.29, 1.82) is 0 Å². The van der Waals surface area contributed by atoms with Crippen molar-refractivity contribution in [2.75, 3.05) is 11.8 Å². The highest BCUT2D eigenvalue weighted by molar-refractivity contribution is 7.93. The summed E-state index contributed by atoms with van der Waals surface area (Å²) >= 11 is 19.1. The van der Waals surface area contributed by atoms with Gasteiger partial charge in [0.1, 0.15) is 22.0 Å². The Kier molecular flexibility index (Phi) is 8.20. The van der Waals surface area contributed by atoms with Crippen LogP contribution in [0.5, 0.6) is 0 Å². The van der Waals surface area contributed by atoms with Crippen molar-refractivity contribution in [1.82, 2.24) is 14.1 Å². The van der Waals surface area contributed by atoms with Crippen molar-refractivity contribution in [2.24, 2.45) is 0 Å². The topological polar surface area (TPSA) is 127 Å². The SMILES string of the molecule is COC(=O)[C@H](Cc1ccc(Cl)cc1)NC(=O)c1cc(Cl)c(Cl)cc1NS(=O)(=O)c1cccc2nsnc12. The van der Waals surface area contributed by atoms with E-state index >= 15 is 0 Å². The molecule has 192 valence electrons. The summed E-state index contributed by atoms with van der Waals surface area (Å²) in [6.07, 6.45) is 0.0940. The van der Waals surface area contributed by atoms with Gasteiger partial charge in [0.05, 0.1) is 40.1 Å². The fourth-order valence-electron chi connectivity index (χ4n) is 3.44. The van der Waals surface area contributed by atoms with E-state index in [1.165, 1.54) is 31.4 Å². The van der Waals surface area contributed by atoms with Gasteiger partial charge in [-0.3, -0.25) is 9.52 Å². The number of rotatable bonds is 8. The molecule has 4 rings (SSSR count). The van der Waals surface area contributed by atoms with Crippen molar-refractivity contribution in [2.45, 2.75) is 17.4 Å². The zero-order valence-electron chi connectivity index (χ0n) is 18.9. The summed E-state index contributed by atoms with van der Waals surface area (Å²) in [7, 11) is -3.04. The van der Waals surface area contributed by atoms with Crippen LogP contribution < -0.4 is 10.0 Å².